The maximum atomic E-state index is 5.45. The summed E-state index contributed by atoms with van der Waals surface area (Å²) in [6.07, 6.45) is 1.12. The van der Waals surface area contributed by atoms with Gasteiger partial charge < -0.3 is 4.74 Å². The molecule has 1 unspecified atom stereocenters. The van der Waals surface area contributed by atoms with Crippen LogP contribution in [0, 0.1) is 0 Å². The van der Waals surface area contributed by atoms with E-state index in [9.17, 15) is 0 Å². The van der Waals surface area contributed by atoms with Crippen LogP contribution in [0.5, 0.6) is 0 Å². The van der Waals surface area contributed by atoms with Crippen molar-refractivity contribution in [3.63, 3.8) is 0 Å². The first kappa shape index (κ1) is 13.9. The fourth-order valence-electron chi connectivity index (χ4n) is 0.761. The topological polar surface area (TPSA) is 9.23 Å². The van der Waals surface area contributed by atoms with Crippen LogP contribution in [0.25, 0.3) is 0 Å². The zero-order chi connectivity index (χ0) is 8.04. The fourth-order valence-corrected chi connectivity index (χ4v) is 1.73. The van der Waals surface area contributed by atoms with Crippen molar-refractivity contribution in [1.82, 2.24) is 0 Å². The van der Waals surface area contributed by atoms with Gasteiger partial charge in [-0.05, 0) is 13.3 Å². The van der Waals surface area contributed by atoms with Crippen LogP contribution in [0.4, 0.5) is 0 Å². The summed E-state index contributed by atoms with van der Waals surface area (Å²) in [6, 6.07) is 0. The molecule has 0 radical (unpaired) electrons. The van der Waals surface area contributed by atoms with Crippen molar-refractivity contribution in [2.75, 3.05) is 12.4 Å². The molecule has 1 heterocycles. The average Bonchev–Trinajstić information content (AvgIpc) is 2.42. The Kier molecular flexibility index (Phi) is 8.81. The minimum Gasteiger partial charge on any atom is -0.364 e. The summed E-state index contributed by atoms with van der Waals surface area (Å²) < 4.78 is 5.45. The molecular weight excluding hydrogens is 156 g/mol. The lowest BCUT2D eigenvalue weighted by atomic mass is 10.3. The van der Waals surface area contributed by atoms with Crippen molar-refractivity contribution in [3.05, 3.63) is 0 Å². The van der Waals surface area contributed by atoms with E-state index in [0.717, 1.165) is 13.0 Å². The predicted octanol–water partition coefficient (Wildman–Crippen LogP) is 3.54. The van der Waals surface area contributed by atoms with E-state index in [2.05, 4.69) is 13.8 Å². The van der Waals surface area contributed by atoms with E-state index in [4.69, 9.17) is 4.74 Å². The second-order valence-corrected chi connectivity index (χ2v) is 3.74. The zero-order valence-corrected chi connectivity index (χ0v) is 8.25. The molecule has 0 aliphatic carbocycles. The van der Waals surface area contributed by atoms with Gasteiger partial charge in [0.15, 0.2) is 0 Å². The van der Waals surface area contributed by atoms with Gasteiger partial charge in [0, 0.05) is 5.75 Å². The van der Waals surface area contributed by atoms with Crippen LogP contribution in [0.1, 0.15) is 41.5 Å². The molecule has 0 saturated carbocycles. The van der Waals surface area contributed by atoms with Gasteiger partial charge in [-0.1, -0.05) is 28.2 Å². The highest BCUT2D eigenvalue weighted by Gasteiger charge is 2.27. The molecule has 0 amide bonds. The van der Waals surface area contributed by atoms with E-state index < -0.39 is 0 Å². The molecule has 1 rings (SSSR count). The summed E-state index contributed by atoms with van der Waals surface area (Å²) in [4.78, 5) is 0.153. The van der Waals surface area contributed by atoms with Gasteiger partial charge >= 0.3 is 0 Å². The summed E-state index contributed by atoms with van der Waals surface area (Å²) in [7, 11) is 0. The Hall–Kier alpha value is 0.310. The van der Waals surface area contributed by atoms with Crippen molar-refractivity contribution in [1.29, 1.82) is 0 Å². The highest BCUT2D eigenvalue weighted by molar-refractivity contribution is 8.00. The lowest BCUT2D eigenvalue weighted by Gasteiger charge is -2.18. The number of hydrogen-bond donors (Lipinski definition) is 0. The van der Waals surface area contributed by atoms with E-state index in [1.807, 2.05) is 25.6 Å². The summed E-state index contributed by atoms with van der Waals surface area (Å²) in [6.45, 7) is 9.26. The average molecular weight is 178 g/mol. The number of thioether (sulfide) groups is 1. The van der Waals surface area contributed by atoms with Crippen molar-refractivity contribution in [3.8, 4) is 0 Å². The molecule has 1 nitrogen and oxygen atoms in total. The quantitative estimate of drug-likeness (QED) is 0.607. The molecule has 1 saturated heterocycles. The van der Waals surface area contributed by atoms with E-state index in [-0.39, 0.29) is 12.4 Å². The molecule has 0 aromatic rings. The standard InChI is InChI=1S/C6H12OS.C2H6.CH4/c1-3-6(2)7-4-5-8-6;1-2;/h3-5H2,1-2H3;1-2H3;1H4. The predicted molar refractivity (Wildman–Crippen MR) is 55.2 cm³/mol. The number of rotatable bonds is 1. The SMILES string of the molecule is C.CC.CCC1(C)OCCS1. The van der Waals surface area contributed by atoms with Crippen LogP contribution in [0.15, 0.2) is 0 Å². The second-order valence-electron chi connectivity index (χ2n) is 2.18. The lowest BCUT2D eigenvalue weighted by molar-refractivity contribution is 0.0633. The first-order chi connectivity index (χ1) is 4.77. The van der Waals surface area contributed by atoms with Crippen LogP contribution in [0.3, 0.4) is 0 Å². The van der Waals surface area contributed by atoms with Gasteiger partial charge in [0.25, 0.3) is 0 Å². The van der Waals surface area contributed by atoms with Gasteiger partial charge in [-0.3, -0.25) is 0 Å². The first-order valence-electron chi connectivity index (χ1n) is 4.05. The van der Waals surface area contributed by atoms with Crippen LogP contribution in [-0.2, 0) is 4.74 Å². The van der Waals surface area contributed by atoms with Crippen LogP contribution in [0.2, 0.25) is 0 Å². The summed E-state index contributed by atoms with van der Waals surface area (Å²) in [5.74, 6) is 1.17. The second kappa shape index (κ2) is 6.99. The molecule has 0 aromatic heterocycles. The van der Waals surface area contributed by atoms with E-state index in [0.29, 0.717) is 0 Å². The molecule has 1 fully saturated rings. The molecule has 0 spiro atoms. The third-order valence-corrected chi connectivity index (χ3v) is 2.93. The van der Waals surface area contributed by atoms with Gasteiger partial charge in [0.2, 0.25) is 0 Å². The minimum absolute atomic E-state index is 0. The van der Waals surface area contributed by atoms with Crippen molar-refractivity contribution in [2.45, 2.75) is 46.5 Å². The molecule has 0 aromatic carbocycles. The fraction of sp³-hybridized carbons (Fsp3) is 1.00. The molecular formula is C9H22OS. The molecule has 0 bridgehead atoms. The molecule has 70 valence electrons. The van der Waals surface area contributed by atoms with Crippen LogP contribution >= 0.6 is 11.8 Å². The highest BCUT2D eigenvalue weighted by Crippen LogP contribution is 2.34. The van der Waals surface area contributed by atoms with Crippen LogP contribution < -0.4 is 0 Å². The Bertz CT molecular complexity index is 77.6. The van der Waals surface area contributed by atoms with Crippen molar-refractivity contribution >= 4 is 11.8 Å². The van der Waals surface area contributed by atoms with Gasteiger partial charge in [-0.2, -0.15) is 0 Å². The van der Waals surface area contributed by atoms with Gasteiger partial charge in [-0.25, -0.2) is 0 Å². The molecule has 2 heteroatoms. The Morgan fingerprint density at radius 1 is 1.45 bits per heavy atom. The third-order valence-electron chi connectivity index (χ3n) is 1.54. The van der Waals surface area contributed by atoms with Gasteiger partial charge in [0.1, 0.15) is 4.93 Å². The van der Waals surface area contributed by atoms with E-state index >= 15 is 0 Å². The maximum Gasteiger partial charge on any atom is 0.110 e. The number of hydrogen-bond acceptors (Lipinski definition) is 2. The van der Waals surface area contributed by atoms with Gasteiger partial charge in [-0.15, -0.1) is 11.8 Å². The summed E-state index contributed by atoms with van der Waals surface area (Å²) >= 11 is 1.92. The zero-order valence-electron chi connectivity index (χ0n) is 7.44. The maximum absolute atomic E-state index is 5.45. The Morgan fingerprint density at radius 2 is 2.00 bits per heavy atom. The molecule has 11 heavy (non-hydrogen) atoms. The normalized spacial score (nSPS) is 28.4. The smallest absolute Gasteiger partial charge is 0.110 e. The monoisotopic (exact) mass is 178 g/mol. The Balaban J connectivity index is 0. The molecule has 1 atom stereocenters. The Morgan fingerprint density at radius 3 is 2.18 bits per heavy atom. The third kappa shape index (κ3) is 4.70. The van der Waals surface area contributed by atoms with E-state index in [1.165, 1.54) is 5.75 Å². The molecule has 0 N–H and O–H groups in total. The van der Waals surface area contributed by atoms with Crippen molar-refractivity contribution < 1.29 is 4.74 Å². The lowest BCUT2D eigenvalue weighted by Crippen LogP contribution is -2.16. The summed E-state index contributed by atoms with van der Waals surface area (Å²) in [5.41, 5.74) is 0. The molecule has 1 aliphatic rings. The van der Waals surface area contributed by atoms with E-state index in [1.54, 1.807) is 0 Å². The minimum atomic E-state index is 0. The van der Waals surface area contributed by atoms with Gasteiger partial charge in [0.05, 0.1) is 6.61 Å². The largest absolute Gasteiger partial charge is 0.364 e. The first-order valence-corrected chi connectivity index (χ1v) is 5.03. The Labute approximate surface area is 75.9 Å². The number of ether oxygens (including phenoxy) is 1. The highest BCUT2D eigenvalue weighted by atomic mass is 32.2. The van der Waals surface area contributed by atoms with Crippen LogP contribution in [-0.4, -0.2) is 17.3 Å². The summed E-state index contributed by atoms with van der Waals surface area (Å²) in [5, 5.41) is 0. The van der Waals surface area contributed by atoms with Crippen molar-refractivity contribution in [2.24, 2.45) is 0 Å². The molecule has 1 aliphatic heterocycles.